The molecule has 0 radical (unpaired) electrons. The number of hydrogen-bond acceptors (Lipinski definition) is 4. The molecule has 0 unspecified atom stereocenters. The second-order valence-corrected chi connectivity index (χ2v) is 3.50. The number of carboxylic acid groups (broad SMARTS) is 1. The zero-order valence-corrected chi connectivity index (χ0v) is 9.14. The van der Waals surface area contributed by atoms with Gasteiger partial charge < -0.3 is 19.7 Å². The minimum absolute atomic E-state index is 0.156. The molecule has 0 saturated carbocycles. The first-order chi connectivity index (χ1) is 8.06. The molecule has 2 heterocycles. The number of aryl methyl sites for hydroxylation is 1. The van der Waals surface area contributed by atoms with Crippen molar-refractivity contribution in [1.82, 2.24) is 0 Å². The molecule has 3 N–H and O–H groups in total. The second-order valence-electron chi connectivity index (χ2n) is 3.50. The Balaban J connectivity index is 2.22. The van der Waals surface area contributed by atoms with E-state index in [-0.39, 0.29) is 5.56 Å². The highest BCUT2D eigenvalue weighted by Crippen LogP contribution is 2.18. The van der Waals surface area contributed by atoms with Gasteiger partial charge in [-0.2, -0.15) is 0 Å². The fourth-order valence-corrected chi connectivity index (χ4v) is 1.42. The number of nitrogen functional groups attached to an aromatic ring is 1. The van der Waals surface area contributed by atoms with E-state index in [1.54, 1.807) is 31.2 Å². The van der Waals surface area contributed by atoms with Crippen molar-refractivity contribution in [2.45, 2.75) is 6.92 Å². The number of furan rings is 2. The van der Waals surface area contributed by atoms with Gasteiger partial charge in [-0.3, -0.25) is 0 Å². The number of carbonyl (C=O) groups is 1. The molecule has 0 aliphatic heterocycles. The monoisotopic (exact) mass is 233 g/mol. The van der Waals surface area contributed by atoms with E-state index < -0.39 is 5.97 Å². The van der Waals surface area contributed by atoms with E-state index in [1.807, 2.05) is 0 Å². The van der Waals surface area contributed by atoms with Gasteiger partial charge >= 0.3 is 5.97 Å². The first-order valence-electron chi connectivity index (χ1n) is 4.93. The van der Waals surface area contributed by atoms with Gasteiger partial charge in [-0.1, -0.05) is 0 Å². The average molecular weight is 233 g/mol. The minimum Gasteiger partial charge on any atom is -0.478 e. The van der Waals surface area contributed by atoms with Gasteiger partial charge in [0.05, 0.1) is 0 Å². The molecule has 17 heavy (non-hydrogen) atoms. The summed E-state index contributed by atoms with van der Waals surface area (Å²) >= 11 is 0. The highest BCUT2D eigenvalue weighted by molar-refractivity contribution is 5.89. The van der Waals surface area contributed by atoms with Gasteiger partial charge in [-0.15, -0.1) is 0 Å². The maximum absolute atomic E-state index is 10.8. The third-order valence-corrected chi connectivity index (χ3v) is 2.23. The molecular formula is C12H11NO4. The van der Waals surface area contributed by atoms with E-state index in [4.69, 9.17) is 19.7 Å². The molecule has 0 atom stereocenters. The van der Waals surface area contributed by atoms with Crippen molar-refractivity contribution in [2.75, 3.05) is 5.73 Å². The van der Waals surface area contributed by atoms with Crippen LogP contribution in [0.2, 0.25) is 0 Å². The lowest BCUT2D eigenvalue weighted by Gasteiger charge is -1.86. The van der Waals surface area contributed by atoms with Crippen molar-refractivity contribution in [2.24, 2.45) is 0 Å². The highest BCUT2D eigenvalue weighted by Gasteiger charge is 2.11. The summed E-state index contributed by atoms with van der Waals surface area (Å²) in [6.45, 7) is 1.60. The molecule has 0 fully saturated rings. The van der Waals surface area contributed by atoms with Crippen molar-refractivity contribution in [3.63, 3.8) is 0 Å². The van der Waals surface area contributed by atoms with Crippen LogP contribution in [0.1, 0.15) is 27.6 Å². The summed E-state index contributed by atoms with van der Waals surface area (Å²) in [6, 6.07) is 4.80. The van der Waals surface area contributed by atoms with Crippen molar-refractivity contribution in [1.29, 1.82) is 0 Å². The summed E-state index contributed by atoms with van der Waals surface area (Å²) in [6.07, 6.45) is 3.28. The first kappa shape index (κ1) is 11.1. The Morgan fingerprint density at radius 2 is 2.00 bits per heavy atom. The lowest BCUT2D eigenvalue weighted by molar-refractivity contribution is 0.0695. The van der Waals surface area contributed by atoms with Crippen molar-refractivity contribution in [3.8, 4) is 0 Å². The molecule has 2 aromatic heterocycles. The van der Waals surface area contributed by atoms with Crippen LogP contribution in [-0.2, 0) is 0 Å². The Kier molecular flexibility index (Phi) is 2.74. The van der Waals surface area contributed by atoms with Crippen LogP contribution in [0.3, 0.4) is 0 Å². The van der Waals surface area contributed by atoms with Gasteiger partial charge in [0.1, 0.15) is 22.8 Å². The molecule has 5 heteroatoms. The van der Waals surface area contributed by atoms with E-state index in [9.17, 15) is 4.79 Å². The predicted molar refractivity (Wildman–Crippen MR) is 62.5 cm³/mol. The maximum Gasteiger partial charge on any atom is 0.339 e. The quantitative estimate of drug-likeness (QED) is 0.850. The average Bonchev–Trinajstić information content (AvgIpc) is 2.82. The van der Waals surface area contributed by atoms with Crippen molar-refractivity contribution < 1.29 is 18.7 Å². The van der Waals surface area contributed by atoms with E-state index in [0.717, 1.165) is 0 Å². The summed E-state index contributed by atoms with van der Waals surface area (Å²) in [5, 5.41) is 8.85. The fourth-order valence-electron chi connectivity index (χ4n) is 1.42. The Labute approximate surface area is 97.1 Å². The molecule has 0 bridgehead atoms. The summed E-state index contributed by atoms with van der Waals surface area (Å²) in [4.78, 5) is 10.8. The fraction of sp³-hybridized carbons (Fsp3) is 0.0833. The number of aromatic carboxylic acids is 1. The number of anilines is 1. The zero-order chi connectivity index (χ0) is 12.4. The molecule has 0 saturated heterocycles. The largest absolute Gasteiger partial charge is 0.478 e. The maximum atomic E-state index is 10.8. The summed E-state index contributed by atoms with van der Waals surface area (Å²) in [5.74, 6) is 0.721. The van der Waals surface area contributed by atoms with E-state index >= 15 is 0 Å². The summed E-state index contributed by atoms with van der Waals surface area (Å²) in [7, 11) is 0. The molecule has 2 aromatic rings. The van der Waals surface area contributed by atoms with E-state index in [0.29, 0.717) is 23.2 Å². The SMILES string of the molecule is Cc1oc(/C=C/c2ccc(N)o2)cc1C(=O)O. The van der Waals surface area contributed by atoms with Crippen LogP contribution in [0.15, 0.2) is 27.0 Å². The predicted octanol–water partition coefficient (Wildman–Crippen LogP) is 2.63. The topological polar surface area (TPSA) is 89.6 Å². The molecular weight excluding hydrogens is 222 g/mol. The summed E-state index contributed by atoms with van der Waals surface area (Å²) < 4.78 is 10.4. The van der Waals surface area contributed by atoms with Crippen LogP contribution in [0.4, 0.5) is 5.88 Å². The van der Waals surface area contributed by atoms with Crippen molar-refractivity contribution >= 4 is 24.0 Å². The third kappa shape index (κ3) is 2.39. The molecule has 0 spiro atoms. The van der Waals surface area contributed by atoms with Crippen LogP contribution >= 0.6 is 0 Å². The van der Waals surface area contributed by atoms with Gasteiger partial charge in [-0.25, -0.2) is 4.79 Å². The van der Waals surface area contributed by atoms with Gasteiger partial charge in [0.15, 0.2) is 5.88 Å². The van der Waals surface area contributed by atoms with Crippen LogP contribution < -0.4 is 5.73 Å². The van der Waals surface area contributed by atoms with E-state index in [1.165, 1.54) is 6.07 Å². The van der Waals surface area contributed by atoms with Crippen LogP contribution in [0.5, 0.6) is 0 Å². The molecule has 2 rings (SSSR count). The molecule has 0 aliphatic carbocycles. The third-order valence-electron chi connectivity index (χ3n) is 2.23. The highest BCUT2D eigenvalue weighted by atomic mass is 16.4. The molecule has 0 aliphatic rings. The molecule has 0 amide bonds. The Bertz CT molecular complexity index is 577. The number of nitrogens with two attached hydrogens (primary N) is 1. The van der Waals surface area contributed by atoms with Crippen LogP contribution in [0.25, 0.3) is 12.2 Å². The van der Waals surface area contributed by atoms with Crippen molar-refractivity contribution in [3.05, 3.63) is 41.0 Å². The number of carboxylic acids is 1. The van der Waals surface area contributed by atoms with Crippen LogP contribution in [-0.4, -0.2) is 11.1 Å². The lowest BCUT2D eigenvalue weighted by Crippen LogP contribution is -1.94. The Morgan fingerprint density at radius 3 is 2.53 bits per heavy atom. The van der Waals surface area contributed by atoms with Gasteiger partial charge in [-0.05, 0) is 31.2 Å². The summed E-state index contributed by atoms with van der Waals surface area (Å²) in [5.41, 5.74) is 5.57. The Morgan fingerprint density at radius 1 is 1.29 bits per heavy atom. The van der Waals surface area contributed by atoms with E-state index in [2.05, 4.69) is 0 Å². The number of hydrogen-bond donors (Lipinski definition) is 2. The molecule has 0 aromatic carbocycles. The zero-order valence-electron chi connectivity index (χ0n) is 9.14. The second kappa shape index (κ2) is 4.21. The molecule has 88 valence electrons. The number of rotatable bonds is 3. The smallest absolute Gasteiger partial charge is 0.339 e. The minimum atomic E-state index is -1.01. The van der Waals surface area contributed by atoms with Gasteiger partial charge in [0, 0.05) is 6.07 Å². The Hall–Kier alpha value is -2.43. The van der Waals surface area contributed by atoms with Gasteiger partial charge in [0.25, 0.3) is 0 Å². The van der Waals surface area contributed by atoms with Gasteiger partial charge in [0.2, 0.25) is 0 Å². The molecule has 5 nitrogen and oxygen atoms in total. The standard InChI is InChI=1S/C12H11NO4/c1-7-10(12(14)15)6-9(16-7)3-2-8-4-5-11(13)17-8/h2-6H,13H2,1H3,(H,14,15)/b3-2+. The first-order valence-corrected chi connectivity index (χ1v) is 4.93. The lowest BCUT2D eigenvalue weighted by atomic mass is 10.2. The normalized spacial score (nSPS) is 11.1. The van der Waals surface area contributed by atoms with Crippen LogP contribution in [0, 0.1) is 6.92 Å².